The number of nitrogens with zero attached hydrogens (tertiary/aromatic N) is 2. The molecule has 0 radical (unpaired) electrons. The van der Waals surface area contributed by atoms with Crippen LogP contribution in [0.15, 0.2) is 60.7 Å². The van der Waals surface area contributed by atoms with E-state index in [0.29, 0.717) is 6.42 Å². The van der Waals surface area contributed by atoms with Gasteiger partial charge in [0, 0.05) is 11.3 Å². The van der Waals surface area contributed by atoms with E-state index in [0.717, 1.165) is 28.2 Å². The van der Waals surface area contributed by atoms with Gasteiger partial charge in [0.05, 0.1) is 23.8 Å². The average molecular weight is 333 g/mol. The van der Waals surface area contributed by atoms with Crippen LogP contribution in [0.1, 0.15) is 35.5 Å². The van der Waals surface area contributed by atoms with E-state index in [1.165, 1.54) is 0 Å². The maximum absolute atomic E-state index is 12.5. The molecule has 0 aliphatic rings. The number of aromatic nitrogens is 2. The zero-order valence-corrected chi connectivity index (χ0v) is 14.9. The molecule has 0 spiro atoms. The molecule has 0 aliphatic heterocycles. The lowest BCUT2D eigenvalue weighted by atomic mass is 10.1. The van der Waals surface area contributed by atoms with Gasteiger partial charge in [0.15, 0.2) is 0 Å². The SMILES string of the molecule is Cc1nn(-c2ccccc2)c(C)c1CC(=O)N[C@H](C)c1ccccc1. The lowest BCUT2D eigenvalue weighted by Gasteiger charge is -2.14. The van der Waals surface area contributed by atoms with E-state index in [-0.39, 0.29) is 11.9 Å². The van der Waals surface area contributed by atoms with Crippen LogP contribution in [0.25, 0.3) is 5.69 Å². The summed E-state index contributed by atoms with van der Waals surface area (Å²) in [6.45, 7) is 5.96. The van der Waals surface area contributed by atoms with E-state index in [2.05, 4.69) is 10.4 Å². The summed E-state index contributed by atoms with van der Waals surface area (Å²) in [5.41, 5.74) is 4.99. The first-order valence-electron chi connectivity index (χ1n) is 8.51. The average Bonchev–Trinajstić information content (AvgIpc) is 2.91. The van der Waals surface area contributed by atoms with Gasteiger partial charge in [-0.15, -0.1) is 0 Å². The second kappa shape index (κ2) is 7.34. The lowest BCUT2D eigenvalue weighted by molar-refractivity contribution is -0.121. The van der Waals surface area contributed by atoms with E-state index in [1.54, 1.807) is 0 Å². The molecule has 1 amide bonds. The van der Waals surface area contributed by atoms with Gasteiger partial charge in [-0.05, 0) is 38.5 Å². The third-order valence-corrected chi connectivity index (χ3v) is 4.46. The van der Waals surface area contributed by atoms with Crippen LogP contribution in [0.5, 0.6) is 0 Å². The first-order valence-corrected chi connectivity index (χ1v) is 8.51. The summed E-state index contributed by atoms with van der Waals surface area (Å²) in [7, 11) is 0. The van der Waals surface area contributed by atoms with Gasteiger partial charge in [-0.3, -0.25) is 4.79 Å². The van der Waals surface area contributed by atoms with Crippen molar-refractivity contribution in [3.63, 3.8) is 0 Å². The van der Waals surface area contributed by atoms with Crippen molar-refractivity contribution in [3.8, 4) is 5.69 Å². The Morgan fingerprint density at radius 2 is 1.64 bits per heavy atom. The Labute approximate surface area is 148 Å². The van der Waals surface area contributed by atoms with Crippen LogP contribution in [-0.4, -0.2) is 15.7 Å². The number of para-hydroxylation sites is 1. The molecule has 4 heteroatoms. The highest BCUT2D eigenvalue weighted by molar-refractivity contribution is 5.79. The molecular weight excluding hydrogens is 310 g/mol. The summed E-state index contributed by atoms with van der Waals surface area (Å²) >= 11 is 0. The number of aryl methyl sites for hydroxylation is 1. The Bertz CT molecular complexity index is 854. The largest absolute Gasteiger partial charge is 0.349 e. The molecule has 0 saturated heterocycles. The highest BCUT2D eigenvalue weighted by Gasteiger charge is 2.17. The molecule has 25 heavy (non-hydrogen) atoms. The number of hydrogen-bond donors (Lipinski definition) is 1. The zero-order chi connectivity index (χ0) is 17.8. The van der Waals surface area contributed by atoms with Crippen molar-refractivity contribution in [2.75, 3.05) is 0 Å². The lowest BCUT2D eigenvalue weighted by Crippen LogP contribution is -2.28. The van der Waals surface area contributed by atoms with Crippen LogP contribution in [0.3, 0.4) is 0 Å². The molecule has 128 valence electrons. The van der Waals surface area contributed by atoms with Gasteiger partial charge < -0.3 is 5.32 Å². The maximum atomic E-state index is 12.5. The summed E-state index contributed by atoms with van der Waals surface area (Å²) in [4.78, 5) is 12.5. The molecular formula is C21H23N3O. The predicted molar refractivity (Wildman–Crippen MR) is 99.7 cm³/mol. The van der Waals surface area contributed by atoms with E-state index in [1.807, 2.05) is 86.1 Å². The summed E-state index contributed by atoms with van der Waals surface area (Å²) in [5, 5.41) is 7.68. The van der Waals surface area contributed by atoms with Gasteiger partial charge in [-0.2, -0.15) is 5.10 Å². The third kappa shape index (κ3) is 3.79. The van der Waals surface area contributed by atoms with Crippen molar-refractivity contribution in [2.45, 2.75) is 33.2 Å². The first kappa shape index (κ1) is 17.0. The Hall–Kier alpha value is -2.88. The molecule has 4 nitrogen and oxygen atoms in total. The van der Waals surface area contributed by atoms with Crippen LogP contribution in [-0.2, 0) is 11.2 Å². The molecule has 1 heterocycles. The predicted octanol–water partition coefficient (Wildman–Crippen LogP) is 3.91. The molecule has 0 fully saturated rings. The maximum Gasteiger partial charge on any atom is 0.225 e. The summed E-state index contributed by atoms with van der Waals surface area (Å²) in [5.74, 6) is 0.00941. The van der Waals surface area contributed by atoms with Crippen molar-refractivity contribution in [1.29, 1.82) is 0 Å². The third-order valence-electron chi connectivity index (χ3n) is 4.46. The van der Waals surface area contributed by atoms with Gasteiger partial charge >= 0.3 is 0 Å². The fourth-order valence-corrected chi connectivity index (χ4v) is 3.03. The molecule has 1 N–H and O–H groups in total. The monoisotopic (exact) mass is 333 g/mol. The van der Waals surface area contributed by atoms with E-state index < -0.39 is 0 Å². The Balaban J connectivity index is 1.75. The second-order valence-corrected chi connectivity index (χ2v) is 6.27. The Morgan fingerprint density at radius 3 is 2.28 bits per heavy atom. The van der Waals surface area contributed by atoms with Crippen molar-refractivity contribution in [2.24, 2.45) is 0 Å². The van der Waals surface area contributed by atoms with Gasteiger partial charge in [0.1, 0.15) is 0 Å². The summed E-state index contributed by atoms with van der Waals surface area (Å²) in [6, 6.07) is 20.0. The number of rotatable bonds is 5. The number of benzene rings is 2. The minimum absolute atomic E-state index is 0.00941. The van der Waals surface area contributed by atoms with Gasteiger partial charge in [0.25, 0.3) is 0 Å². The summed E-state index contributed by atoms with van der Waals surface area (Å²) < 4.78 is 1.90. The van der Waals surface area contributed by atoms with E-state index in [9.17, 15) is 4.79 Å². The van der Waals surface area contributed by atoms with Crippen molar-refractivity contribution >= 4 is 5.91 Å². The van der Waals surface area contributed by atoms with Crippen molar-refractivity contribution in [1.82, 2.24) is 15.1 Å². The minimum Gasteiger partial charge on any atom is -0.349 e. The molecule has 2 aromatic carbocycles. The Kier molecular flexibility index (Phi) is 4.98. The number of carbonyl (C=O) groups excluding carboxylic acids is 1. The zero-order valence-electron chi connectivity index (χ0n) is 14.9. The van der Waals surface area contributed by atoms with Gasteiger partial charge in [-0.1, -0.05) is 48.5 Å². The first-order chi connectivity index (χ1) is 12.1. The normalized spacial score (nSPS) is 12.0. The molecule has 3 aromatic rings. The van der Waals surface area contributed by atoms with Crippen LogP contribution in [0.4, 0.5) is 0 Å². The van der Waals surface area contributed by atoms with Gasteiger partial charge in [-0.25, -0.2) is 4.68 Å². The molecule has 3 rings (SSSR count). The Morgan fingerprint density at radius 1 is 1.04 bits per heavy atom. The van der Waals surface area contributed by atoms with Crippen molar-refractivity contribution < 1.29 is 4.79 Å². The quantitative estimate of drug-likeness (QED) is 0.769. The van der Waals surface area contributed by atoms with Crippen LogP contribution in [0, 0.1) is 13.8 Å². The molecule has 1 aromatic heterocycles. The number of amides is 1. The van der Waals surface area contributed by atoms with Crippen LogP contribution < -0.4 is 5.32 Å². The molecule has 0 unspecified atom stereocenters. The fourth-order valence-electron chi connectivity index (χ4n) is 3.03. The number of carbonyl (C=O) groups is 1. The van der Waals surface area contributed by atoms with E-state index >= 15 is 0 Å². The second-order valence-electron chi connectivity index (χ2n) is 6.27. The van der Waals surface area contributed by atoms with Crippen LogP contribution in [0.2, 0.25) is 0 Å². The highest BCUT2D eigenvalue weighted by Crippen LogP contribution is 2.19. The fraction of sp³-hybridized carbons (Fsp3) is 0.238. The number of hydrogen-bond acceptors (Lipinski definition) is 2. The minimum atomic E-state index is -0.0153. The molecule has 0 bridgehead atoms. The standard InChI is InChI=1S/C21H23N3O/c1-15(18-10-6-4-7-11-18)22-21(25)14-20-16(2)23-24(17(20)3)19-12-8-5-9-13-19/h4-13,15H,14H2,1-3H3,(H,22,25)/t15-/m1/s1. The van der Waals surface area contributed by atoms with Gasteiger partial charge in [0.2, 0.25) is 5.91 Å². The molecule has 1 atom stereocenters. The smallest absolute Gasteiger partial charge is 0.225 e. The molecule has 0 aliphatic carbocycles. The summed E-state index contributed by atoms with van der Waals surface area (Å²) in [6.07, 6.45) is 0.335. The number of nitrogens with one attached hydrogen (secondary N) is 1. The van der Waals surface area contributed by atoms with E-state index in [4.69, 9.17) is 0 Å². The van der Waals surface area contributed by atoms with Crippen LogP contribution >= 0.6 is 0 Å². The topological polar surface area (TPSA) is 46.9 Å². The van der Waals surface area contributed by atoms with Crippen molar-refractivity contribution in [3.05, 3.63) is 83.2 Å². The highest BCUT2D eigenvalue weighted by atomic mass is 16.1. The molecule has 0 saturated carbocycles.